The van der Waals surface area contributed by atoms with Gasteiger partial charge in [-0.05, 0) is 46.9 Å². The fraction of sp³-hybridized carbons (Fsp3) is 0.375. The summed E-state index contributed by atoms with van der Waals surface area (Å²) in [4.78, 5) is 2.53. The molecule has 1 aromatic carbocycles. The first-order chi connectivity index (χ1) is 9.76. The summed E-state index contributed by atoms with van der Waals surface area (Å²) in [6.45, 7) is 1.93. The number of nitrogens with zero attached hydrogens (tertiary/aromatic N) is 1. The Morgan fingerprint density at radius 1 is 1.30 bits per heavy atom. The maximum absolute atomic E-state index is 6.13. The molecule has 3 rings (SSSR count). The predicted molar refractivity (Wildman–Crippen MR) is 84.0 cm³/mol. The molecule has 2 N–H and O–H groups in total. The fourth-order valence-corrected chi connectivity index (χ4v) is 3.09. The Balaban J connectivity index is 1.73. The van der Waals surface area contributed by atoms with E-state index in [1.54, 1.807) is 18.4 Å². The van der Waals surface area contributed by atoms with Gasteiger partial charge in [0.25, 0.3) is 0 Å². The molecule has 2 aromatic rings. The van der Waals surface area contributed by atoms with Crippen LogP contribution in [-0.2, 0) is 13.1 Å². The lowest BCUT2D eigenvalue weighted by Crippen LogP contribution is -2.25. The molecule has 1 aliphatic carbocycles. The van der Waals surface area contributed by atoms with E-state index in [1.165, 1.54) is 24.0 Å². The topological polar surface area (TPSA) is 38.5 Å². The Kier molecular flexibility index (Phi) is 3.94. The molecule has 4 heteroatoms. The van der Waals surface area contributed by atoms with Gasteiger partial charge in [0.1, 0.15) is 5.75 Å². The van der Waals surface area contributed by atoms with Gasteiger partial charge in [-0.3, -0.25) is 4.90 Å². The van der Waals surface area contributed by atoms with Crippen molar-refractivity contribution in [1.29, 1.82) is 0 Å². The van der Waals surface area contributed by atoms with Crippen LogP contribution in [0.2, 0.25) is 0 Å². The van der Waals surface area contributed by atoms with E-state index in [-0.39, 0.29) is 0 Å². The molecule has 3 nitrogen and oxygen atoms in total. The van der Waals surface area contributed by atoms with Crippen LogP contribution in [0.15, 0.2) is 35.0 Å². The third-order valence-corrected chi connectivity index (χ3v) is 4.49. The van der Waals surface area contributed by atoms with Gasteiger partial charge in [0.15, 0.2) is 0 Å². The molecule has 0 amide bonds. The van der Waals surface area contributed by atoms with Crippen LogP contribution in [0.25, 0.3) is 0 Å². The molecular formula is C16H20N2OS. The van der Waals surface area contributed by atoms with Gasteiger partial charge >= 0.3 is 0 Å². The van der Waals surface area contributed by atoms with E-state index in [0.717, 1.165) is 30.6 Å². The zero-order valence-electron chi connectivity index (χ0n) is 11.7. The molecule has 106 valence electrons. The van der Waals surface area contributed by atoms with Crippen molar-refractivity contribution in [3.8, 4) is 5.75 Å². The summed E-state index contributed by atoms with van der Waals surface area (Å²) in [7, 11) is 1.67. The van der Waals surface area contributed by atoms with Gasteiger partial charge in [-0.1, -0.05) is 6.07 Å². The van der Waals surface area contributed by atoms with E-state index in [0.29, 0.717) is 0 Å². The molecule has 20 heavy (non-hydrogen) atoms. The average molecular weight is 288 g/mol. The first-order valence-electron chi connectivity index (χ1n) is 6.94. The molecular weight excluding hydrogens is 268 g/mol. The summed E-state index contributed by atoms with van der Waals surface area (Å²) >= 11 is 1.76. The molecule has 0 unspecified atom stereocenters. The van der Waals surface area contributed by atoms with Crippen LogP contribution in [0.4, 0.5) is 5.69 Å². The third-order valence-electron chi connectivity index (χ3n) is 3.76. The molecule has 1 saturated carbocycles. The SMILES string of the molecule is COc1ccc(CN(Cc2ccsc2)C2CC2)c(N)c1. The molecule has 0 radical (unpaired) electrons. The van der Waals surface area contributed by atoms with Crippen LogP contribution in [0.3, 0.4) is 0 Å². The van der Waals surface area contributed by atoms with Crippen molar-refractivity contribution in [3.63, 3.8) is 0 Å². The number of anilines is 1. The highest BCUT2D eigenvalue weighted by Crippen LogP contribution is 2.31. The number of nitrogen functional groups attached to an aromatic ring is 1. The molecule has 1 heterocycles. The molecule has 1 aliphatic rings. The zero-order chi connectivity index (χ0) is 13.9. The van der Waals surface area contributed by atoms with Gasteiger partial charge in [-0.25, -0.2) is 0 Å². The highest BCUT2D eigenvalue weighted by Gasteiger charge is 2.29. The second-order valence-corrected chi connectivity index (χ2v) is 6.11. The lowest BCUT2D eigenvalue weighted by molar-refractivity contribution is 0.246. The second-order valence-electron chi connectivity index (χ2n) is 5.33. The van der Waals surface area contributed by atoms with Gasteiger partial charge in [0, 0.05) is 30.9 Å². The molecule has 0 spiro atoms. The van der Waals surface area contributed by atoms with Gasteiger partial charge in [-0.15, -0.1) is 0 Å². The molecule has 0 aliphatic heterocycles. The number of methoxy groups -OCH3 is 1. The maximum Gasteiger partial charge on any atom is 0.120 e. The summed E-state index contributed by atoms with van der Waals surface area (Å²) in [5.41, 5.74) is 9.54. The van der Waals surface area contributed by atoms with Crippen LogP contribution in [0.5, 0.6) is 5.75 Å². The summed E-state index contributed by atoms with van der Waals surface area (Å²) in [6.07, 6.45) is 2.61. The summed E-state index contributed by atoms with van der Waals surface area (Å²) in [5.74, 6) is 0.821. The third kappa shape index (κ3) is 3.14. The minimum atomic E-state index is 0.719. The minimum Gasteiger partial charge on any atom is -0.497 e. The van der Waals surface area contributed by atoms with Crippen molar-refractivity contribution in [2.24, 2.45) is 0 Å². The highest BCUT2D eigenvalue weighted by molar-refractivity contribution is 7.07. The Morgan fingerprint density at radius 3 is 2.75 bits per heavy atom. The lowest BCUT2D eigenvalue weighted by Gasteiger charge is -2.22. The van der Waals surface area contributed by atoms with Crippen molar-refractivity contribution < 1.29 is 4.74 Å². The second kappa shape index (κ2) is 5.85. The predicted octanol–water partition coefficient (Wildman–Crippen LogP) is 3.50. The standard InChI is InChI=1S/C16H20N2OS/c1-19-15-5-2-13(16(17)8-15)10-18(14-3-4-14)9-12-6-7-20-11-12/h2,5-8,11,14H,3-4,9-10,17H2,1H3. The number of rotatable bonds is 6. The molecule has 1 fully saturated rings. The summed E-state index contributed by atoms with van der Waals surface area (Å²) < 4.78 is 5.21. The molecule has 0 bridgehead atoms. The van der Waals surface area contributed by atoms with Crippen molar-refractivity contribution in [1.82, 2.24) is 4.90 Å². The minimum absolute atomic E-state index is 0.719. The lowest BCUT2D eigenvalue weighted by atomic mass is 10.1. The van der Waals surface area contributed by atoms with Crippen LogP contribution in [-0.4, -0.2) is 18.1 Å². The van der Waals surface area contributed by atoms with E-state index in [1.807, 2.05) is 12.1 Å². The molecule has 0 atom stereocenters. The van der Waals surface area contributed by atoms with Gasteiger partial charge in [0.2, 0.25) is 0 Å². The van der Waals surface area contributed by atoms with Gasteiger partial charge < -0.3 is 10.5 Å². The van der Waals surface area contributed by atoms with E-state index < -0.39 is 0 Å². The van der Waals surface area contributed by atoms with Crippen molar-refractivity contribution >= 4 is 17.0 Å². The average Bonchev–Trinajstić information content (AvgIpc) is 3.18. The summed E-state index contributed by atoms with van der Waals surface area (Å²) in [6, 6.07) is 8.90. The number of hydrogen-bond donors (Lipinski definition) is 1. The first-order valence-corrected chi connectivity index (χ1v) is 7.88. The van der Waals surface area contributed by atoms with E-state index in [4.69, 9.17) is 10.5 Å². The number of hydrogen-bond acceptors (Lipinski definition) is 4. The maximum atomic E-state index is 6.13. The van der Waals surface area contributed by atoms with Crippen LogP contribution in [0.1, 0.15) is 24.0 Å². The smallest absolute Gasteiger partial charge is 0.120 e. The van der Waals surface area contributed by atoms with Crippen molar-refractivity contribution in [3.05, 3.63) is 46.2 Å². The fourth-order valence-electron chi connectivity index (χ4n) is 2.43. The first kappa shape index (κ1) is 13.5. The van der Waals surface area contributed by atoms with Crippen LogP contribution in [0, 0.1) is 0 Å². The van der Waals surface area contributed by atoms with E-state index >= 15 is 0 Å². The van der Waals surface area contributed by atoms with Gasteiger partial charge in [-0.2, -0.15) is 11.3 Å². The summed E-state index contributed by atoms with van der Waals surface area (Å²) in [5, 5.41) is 4.37. The normalized spacial score (nSPS) is 14.7. The van der Waals surface area contributed by atoms with Crippen LogP contribution < -0.4 is 10.5 Å². The van der Waals surface area contributed by atoms with Gasteiger partial charge in [0.05, 0.1) is 7.11 Å². The Bertz CT molecular complexity index is 564. The number of thiophene rings is 1. The number of ether oxygens (including phenoxy) is 1. The van der Waals surface area contributed by atoms with E-state index in [2.05, 4.69) is 27.8 Å². The molecule has 0 saturated heterocycles. The Morgan fingerprint density at radius 2 is 2.15 bits per heavy atom. The highest BCUT2D eigenvalue weighted by atomic mass is 32.1. The Labute approximate surface area is 124 Å². The zero-order valence-corrected chi connectivity index (χ0v) is 12.5. The quantitative estimate of drug-likeness (QED) is 0.827. The number of nitrogens with two attached hydrogens (primary N) is 1. The monoisotopic (exact) mass is 288 g/mol. The van der Waals surface area contributed by atoms with Crippen LogP contribution >= 0.6 is 11.3 Å². The van der Waals surface area contributed by atoms with E-state index in [9.17, 15) is 0 Å². The number of benzene rings is 1. The van der Waals surface area contributed by atoms with Crippen molar-refractivity contribution in [2.45, 2.75) is 32.0 Å². The Hall–Kier alpha value is -1.52. The van der Waals surface area contributed by atoms with Crippen molar-refractivity contribution in [2.75, 3.05) is 12.8 Å². The largest absolute Gasteiger partial charge is 0.497 e. The molecule has 1 aromatic heterocycles.